The average molecular weight is 361 g/mol. The monoisotopic (exact) mass is 360 g/mol. The van der Waals surface area contributed by atoms with Gasteiger partial charge in [0.15, 0.2) is 16.1 Å². The Morgan fingerprint density at radius 2 is 2.32 bits per heavy atom. The van der Waals surface area contributed by atoms with E-state index in [1.807, 2.05) is 0 Å². The number of rotatable bonds is 6. The smallest absolute Gasteiger partial charge is 0.194 e. The third-order valence-corrected chi connectivity index (χ3v) is 5.50. The van der Waals surface area contributed by atoms with Gasteiger partial charge in [-0.1, -0.05) is 11.6 Å². The van der Waals surface area contributed by atoms with Gasteiger partial charge in [-0.3, -0.25) is 4.72 Å². The largest absolute Gasteiger partial charge is 0.383 e. The molecule has 0 radical (unpaired) electrons. The highest BCUT2D eigenvalue weighted by Gasteiger charge is 2.18. The molecule has 22 heavy (non-hydrogen) atoms. The van der Waals surface area contributed by atoms with E-state index in [2.05, 4.69) is 20.3 Å². The van der Waals surface area contributed by atoms with Gasteiger partial charge < -0.3 is 10.6 Å². The molecule has 0 spiro atoms. The van der Waals surface area contributed by atoms with E-state index < -0.39 is 16.8 Å². The molecular formula is C13H14ClFN4OS2. The van der Waals surface area contributed by atoms with E-state index in [-0.39, 0.29) is 4.90 Å². The highest BCUT2D eigenvalue weighted by Crippen LogP contribution is 2.28. The Balaban J connectivity index is 1.71. The number of hydrogen-bond acceptors (Lipinski definition) is 5. The SMILES string of the molecule is O=S(Nc1nccs1)c1cc(Cl)c(NCC2CNC2)cc1F. The number of nitrogens with zero attached hydrogens (tertiary/aromatic N) is 1. The second-order valence-corrected chi connectivity index (χ2v) is 7.36. The van der Waals surface area contributed by atoms with Gasteiger partial charge in [0.1, 0.15) is 5.82 Å². The first-order valence-corrected chi connectivity index (χ1v) is 9.06. The molecule has 0 bridgehead atoms. The Kier molecular flexibility index (Phi) is 4.92. The quantitative estimate of drug-likeness (QED) is 0.741. The predicted molar refractivity (Wildman–Crippen MR) is 88.4 cm³/mol. The molecule has 1 atom stereocenters. The molecule has 1 aromatic carbocycles. The number of hydrogen-bond donors (Lipinski definition) is 3. The van der Waals surface area contributed by atoms with Crippen molar-refractivity contribution in [2.45, 2.75) is 4.90 Å². The van der Waals surface area contributed by atoms with Crippen molar-refractivity contribution in [3.8, 4) is 0 Å². The fraction of sp³-hybridized carbons (Fsp3) is 0.308. The number of thiazole rings is 1. The van der Waals surface area contributed by atoms with E-state index in [0.29, 0.717) is 21.8 Å². The van der Waals surface area contributed by atoms with Crippen molar-refractivity contribution in [2.24, 2.45) is 5.92 Å². The van der Waals surface area contributed by atoms with Crippen LogP contribution in [0.4, 0.5) is 15.2 Å². The molecule has 1 aliphatic heterocycles. The lowest BCUT2D eigenvalue weighted by molar-refractivity contribution is 0.365. The van der Waals surface area contributed by atoms with Crippen molar-refractivity contribution in [1.29, 1.82) is 0 Å². The molecule has 0 aliphatic carbocycles. The van der Waals surface area contributed by atoms with Gasteiger partial charge in [0.25, 0.3) is 0 Å². The molecule has 1 aliphatic rings. The molecule has 3 N–H and O–H groups in total. The maximum absolute atomic E-state index is 14.2. The summed E-state index contributed by atoms with van der Waals surface area (Å²) in [5, 5.41) is 8.85. The van der Waals surface area contributed by atoms with Crippen molar-refractivity contribution in [3.63, 3.8) is 0 Å². The van der Waals surface area contributed by atoms with E-state index in [1.165, 1.54) is 23.5 Å². The van der Waals surface area contributed by atoms with E-state index in [1.54, 1.807) is 11.6 Å². The Hall–Kier alpha value is -1.22. The van der Waals surface area contributed by atoms with Crippen LogP contribution < -0.4 is 15.4 Å². The lowest BCUT2D eigenvalue weighted by atomic mass is 10.0. The Morgan fingerprint density at radius 3 is 2.95 bits per heavy atom. The summed E-state index contributed by atoms with van der Waals surface area (Å²) in [5.41, 5.74) is 0.515. The summed E-state index contributed by atoms with van der Waals surface area (Å²) in [6, 6.07) is 2.67. The van der Waals surface area contributed by atoms with Gasteiger partial charge >= 0.3 is 0 Å². The summed E-state index contributed by atoms with van der Waals surface area (Å²) in [6.07, 6.45) is 1.58. The Labute approximate surface area is 138 Å². The number of anilines is 2. The lowest BCUT2D eigenvalue weighted by Gasteiger charge is -2.27. The molecule has 1 unspecified atom stereocenters. The first kappa shape index (κ1) is 15.7. The minimum absolute atomic E-state index is 0.0102. The zero-order valence-electron chi connectivity index (χ0n) is 11.4. The molecule has 9 heteroatoms. The molecule has 1 fully saturated rings. The summed E-state index contributed by atoms with van der Waals surface area (Å²) in [4.78, 5) is 3.97. The lowest BCUT2D eigenvalue weighted by Crippen LogP contribution is -2.45. The van der Waals surface area contributed by atoms with Crippen LogP contribution in [0.1, 0.15) is 0 Å². The van der Waals surface area contributed by atoms with Crippen molar-refractivity contribution in [1.82, 2.24) is 10.3 Å². The summed E-state index contributed by atoms with van der Waals surface area (Å²) in [6.45, 7) is 2.63. The molecular weight excluding hydrogens is 347 g/mol. The summed E-state index contributed by atoms with van der Waals surface area (Å²) < 4.78 is 29.0. The van der Waals surface area contributed by atoms with Crippen LogP contribution in [0, 0.1) is 11.7 Å². The van der Waals surface area contributed by atoms with Crippen LogP contribution >= 0.6 is 22.9 Å². The molecule has 2 aromatic rings. The van der Waals surface area contributed by atoms with Crippen molar-refractivity contribution in [3.05, 3.63) is 34.5 Å². The molecule has 2 heterocycles. The number of benzene rings is 1. The van der Waals surface area contributed by atoms with Crippen LogP contribution in [0.2, 0.25) is 5.02 Å². The van der Waals surface area contributed by atoms with Gasteiger partial charge in [-0.15, -0.1) is 11.3 Å². The average Bonchev–Trinajstić information content (AvgIpc) is 2.93. The van der Waals surface area contributed by atoms with E-state index in [9.17, 15) is 8.60 Å². The molecule has 1 aromatic heterocycles. The van der Waals surface area contributed by atoms with Crippen molar-refractivity contribution < 1.29 is 8.60 Å². The van der Waals surface area contributed by atoms with Gasteiger partial charge in [0, 0.05) is 37.1 Å². The van der Waals surface area contributed by atoms with Gasteiger partial charge in [-0.25, -0.2) is 13.6 Å². The predicted octanol–water partition coefficient (Wildman–Crippen LogP) is 2.70. The summed E-state index contributed by atoms with van der Waals surface area (Å²) in [5.74, 6) is -0.0412. The third kappa shape index (κ3) is 3.57. The molecule has 1 saturated heterocycles. The third-order valence-electron chi connectivity index (χ3n) is 3.28. The normalized spacial score (nSPS) is 16.1. The second kappa shape index (κ2) is 6.91. The van der Waals surface area contributed by atoms with Crippen LogP contribution in [-0.2, 0) is 11.0 Å². The fourth-order valence-corrected chi connectivity index (χ4v) is 3.83. The van der Waals surface area contributed by atoms with Gasteiger partial charge in [0.05, 0.1) is 15.6 Å². The molecule has 0 saturated carbocycles. The van der Waals surface area contributed by atoms with Crippen LogP contribution in [-0.4, -0.2) is 28.8 Å². The van der Waals surface area contributed by atoms with Crippen LogP contribution in [0.5, 0.6) is 0 Å². The van der Waals surface area contributed by atoms with E-state index in [4.69, 9.17) is 11.6 Å². The maximum Gasteiger partial charge on any atom is 0.194 e. The topological polar surface area (TPSA) is 66.0 Å². The van der Waals surface area contributed by atoms with Crippen LogP contribution in [0.25, 0.3) is 0 Å². The Bertz CT molecular complexity index is 679. The first-order chi connectivity index (χ1) is 10.6. The highest BCUT2D eigenvalue weighted by molar-refractivity contribution is 7.86. The number of aromatic nitrogens is 1. The second-order valence-electron chi connectivity index (χ2n) is 4.88. The van der Waals surface area contributed by atoms with E-state index in [0.717, 1.165) is 19.6 Å². The Morgan fingerprint density at radius 1 is 1.50 bits per heavy atom. The summed E-state index contributed by atoms with van der Waals surface area (Å²) in [7, 11) is -1.75. The van der Waals surface area contributed by atoms with Gasteiger partial charge in [-0.05, 0) is 12.1 Å². The van der Waals surface area contributed by atoms with Crippen LogP contribution in [0.3, 0.4) is 0 Å². The zero-order valence-corrected chi connectivity index (χ0v) is 13.8. The molecule has 5 nitrogen and oxygen atoms in total. The number of halogens is 2. The van der Waals surface area contributed by atoms with Gasteiger partial charge in [-0.2, -0.15) is 0 Å². The molecule has 118 valence electrons. The standard InChI is InChI=1S/C13H14ClFN4OS2/c14-9-3-12(22(20)19-13-17-1-2-21-13)10(15)4-11(9)18-7-8-5-16-6-8/h1-4,8,16,18H,5-7H2,(H,17,19). The minimum atomic E-state index is -1.75. The van der Waals surface area contributed by atoms with Crippen molar-refractivity contribution >= 4 is 44.7 Å². The van der Waals surface area contributed by atoms with Crippen molar-refractivity contribution in [2.75, 3.05) is 29.7 Å². The zero-order chi connectivity index (χ0) is 15.5. The van der Waals surface area contributed by atoms with E-state index >= 15 is 0 Å². The fourth-order valence-electron chi connectivity index (χ4n) is 1.96. The minimum Gasteiger partial charge on any atom is -0.383 e. The molecule has 0 amide bonds. The van der Waals surface area contributed by atoms with Gasteiger partial charge in [0.2, 0.25) is 0 Å². The molecule has 3 rings (SSSR count). The first-order valence-electron chi connectivity index (χ1n) is 6.65. The highest BCUT2D eigenvalue weighted by atomic mass is 35.5. The summed E-state index contributed by atoms with van der Waals surface area (Å²) >= 11 is 7.44. The maximum atomic E-state index is 14.2. The van der Waals surface area contributed by atoms with Crippen LogP contribution in [0.15, 0.2) is 28.6 Å². The number of nitrogens with one attached hydrogen (secondary N) is 3.